The van der Waals surface area contributed by atoms with Gasteiger partial charge in [0.05, 0.1) is 12.7 Å². The summed E-state index contributed by atoms with van der Waals surface area (Å²) in [6, 6.07) is 0. The fourth-order valence-corrected chi connectivity index (χ4v) is 3.58. The van der Waals surface area contributed by atoms with Crippen LogP contribution in [0.2, 0.25) is 0 Å². The first-order valence-corrected chi connectivity index (χ1v) is 9.02. The summed E-state index contributed by atoms with van der Waals surface area (Å²) in [5.74, 6) is -0.0406. The minimum atomic E-state index is -1.52. The summed E-state index contributed by atoms with van der Waals surface area (Å²) < 4.78 is 10.9. The Bertz CT molecular complexity index is 611. The second kappa shape index (κ2) is 8.08. The van der Waals surface area contributed by atoms with Gasteiger partial charge in [0, 0.05) is 11.8 Å². The maximum atomic E-state index is 11.8. The molecule has 0 saturated carbocycles. The van der Waals surface area contributed by atoms with Crippen LogP contribution in [0.15, 0.2) is 23.8 Å². The first-order chi connectivity index (χ1) is 12.4. The van der Waals surface area contributed by atoms with Crippen LogP contribution in [0.3, 0.4) is 0 Å². The van der Waals surface area contributed by atoms with Gasteiger partial charge in [-0.2, -0.15) is 0 Å². The summed E-state index contributed by atoms with van der Waals surface area (Å²) in [6.07, 6.45) is -2.64. The molecule has 27 heavy (non-hydrogen) atoms. The maximum absolute atomic E-state index is 11.8. The van der Waals surface area contributed by atoms with Crippen molar-refractivity contribution in [2.45, 2.75) is 76.5 Å². The first kappa shape index (κ1) is 22.2. The molecule has 154 valence electrons. The fourth-order valence-electron chi connectivity index (χ4n) is 3.58. The van der Waals surface area contributed by atoms with E-state index in [-0.39, 0.29) is 12.2 Å². The number of allylic oxidation sites excluding steroid dienone is 1. The predicted molar refractivity (Wildman–Crippen MR) is 95.6 cm³/mol. The number of hydrogen-bond acceptors (Lipinski definition) is 8. The zero-order chi connectivity index (χ0) is 20.6. The minimum absolute atomic E-state index is 0.0406. The summed E-state index contributed by atoms with van der Waals surface area (Å²) >= 11 is 0. The molecular formula is C19H30O8. The number of hydrogen-bond donors (Lipinski definition) is 5. The zero-order valence-electron chi connectivity index (χ0n) is 16.1. The molecule has 0 spiro atoms. The van der Waals surface area contributed by atoms with E-state index in [4.69, 9.17) is 9.47 Å². The molecule has 0 bridgehead atoms. The van der Waals surface area contributed by atoms with Crippen molar-refractivity contribution in [1.82, 2.24) is 0 Å². The number of aliphatic hydroxyl groups excluding tert-OH is 4. The Labute approximate surface area is 158 Å². The smallest absolute Gasteiger partial charge is 0.187 e. The molecule has 0 aromatic rings. The second-order valence-corrected chi connectivity index (χ2v) is 8.02. The van der Waals surface area contributed by atoms with Gasteiger partial charge >= 0.3 is 0 Å². The molecule has 0 unspecified atom stereocenters. The lowest BCUT2D eigenvalue weighted by molar-refractivity contribution is -0.306. The van der Waals surface area contributed by atoms with Crippen LogP contribution < -0.4 is 0 Å². The normalized spacial score (nSPS) is 40.9. The van der Waals surface area contributed by atoms with E-state index in [1.165, 1.54) is 6.08 Å². The van der Waals surface area contributed by atoms with Crippen LogP contribution in [-0.4, -0.2) is 80.3 Å². The highest BCUT2D eigenvalue weighted by Crippen LogP contribution is 2.44. The van der Waals surface area contributed by atoms with Gasteiger partial charge in [0.1, 0.15) is 30.0 Å². The van der Waals surface area contributed by atoms with E-state index in [1.54, 1.807) is 39.8 Å². The lowest BCUT2D eigenvalue weighted by Crippen LogP contribution is -2.59. The molecule has 7 atom stereocenters. The third kappa shape index (κ3) is 4.32. The largest absolute Gasteiger partial charge is 0.394 e. The Morgan fingerprint density at radius 2 is 1.93 bits per heavy atom. The standard InChI is InChI=1S/C19H30O8/c1-10-7-12(21)8-18(3,4)19(10,25)6-5-11(2)26-17-16(24)15(23)14(22)13(9-20)27-17/h5-7,11,13-17,20,22-25H,8-9H2,1-4H3/t11-,13+,14+,15-,16+,17+,19+/m0/s1. The van der Waals surface area contributed by atoms with Gasteiger partial charge in [0.25, 0.3) is 0 Å². The molecule has 0 radical (unpaired) electrons. The minimum Gasteiger partial charge on any atom is -0.394 e. The Hall–Kier alpha value is -1.13. The fraction of sp³-hybridized carbons (Fsp3) is 0.737. The lowest BCUT2D eigenvalue weighted by Gasteiger charge is -2.44. The van der Waals surface area contributed by atoms with Crippen LogP contribution in [0.5, 0.6) is 0 Å². The van der Waals surface area contributed by atoms with Crippen LogP contribution in [-0.2, 0) is 14.3 Å². The van der Waals surface area contributed by atoms with E-state index >= 15 is 0 Å². The molecule has 1 fully saturated rings. The van der Waals surface area contributed by atoms with Gasteiger partial charge in [-0.05, 0) is 31.6 Å². The molecule has 0 aromatic carbocycles. The van der Waals surface area contributed by atoms with E-state index < -0.39 is 54.4 Å². The van der Waals surface area contributed by atoms with E-state index in [1.807, 2.05) is 0 Å². The average Bonchev–Trinajstić information content (AvgIpc) is 2.58. The van der Waals surface area contributed by atoms with Crippen molar-refractivity contribution in [2.75, 3.05) is 6.61 Å². The molecule has 0 aromatic heterocycles. The van der Waals surface area contributed by atoms with E-state index in [0.717, 1.165) is 0 Å². The topological polar surface area (TPSA) is 137 Å². The molecule has 2 aliphatic rings. The Kier molecular flexibility index (Phi) is 6.63. The molecule has 5 N–H and O–H groups in total. The third-order valence-electron chi connectivity index (χ3n) is 5.43. The zero-order valence-corrected chi connectivity index (χ0v) is 16.1. The van der Waals surface area contributed by atoms with Crippen molar-refractivity contribution in [3.63, 3.8) is 0 Å². The molecule has 1 aliphatic heterocycles. The maximum Gasteiger partial charge on any atom is 0.187 e. The average molecular weight is 386 g/mol. The van der Waals surface area contributed by atoms with Gasteiger partial charge in [-0.1, -0.05) is 19.9 Å². The van der Waals surface area contributed by atoms with Gasteiger partial charge in [-0.25, -0.2) is 0 Å². The summed E-state index contributed by atoms with van der Waals surface area (Å²) in [7, 11) is 0. The van der Waals surface area contributed by atoms with Crippen molar-refractivity contribution in [3.05, 3.63) is 23.8 Å². The van der Waals surface area contributed by atoms with Crippen molar-refractivity contribution >= 4 is 5.78 Å². The molecule has 2 rings (SSSR count). The number of ether oxygens (including phenoxy) is 2. The second-order valence-electron chi connectivity index (χ2n) is 8.02. The number of carbonyl (C=O) groups excluding carboxylic acids is 1. The summed E-state index contributed by atoms with van der Waals surface area (Å²) in [6.45, 7) is 6.40. The monoisotopic (exact) mass is 386 g/mol. The summed E-state index contributed by atoms with van der Waals surface area (Å²) in [5.41, 5.74) is -1.52. The van der Waals surface area contributed by atoms with E-state index in [0.29, 0.717) is 5.57 Å². The van der Waals surface area contributed by atoms with Gasteiger partial charge in [0.15, 0.2) is 12.1 Å². The van der Waals surface area contributed by atoms with Crippen molar-refractivity contribution in [3.8, 4) is 0 Å². The van der Waals surface area contributed by atoms with E-state index in [9.17, 15) is 30.3 Å². The van der Waals surface area contributed by atoms with Crippen molar-refractivity contribution < 1.29 is 39.8 Å². The van der Waals surface area contributed by atoms with Crippen LogP contribution >= 0.6 is 0 Å². The van der Waals surface area contributed by atoms with Crippen LogP contribution in [0, 0.1) is 5.41 Å². The highest BCUT2D eigenvalue weighted by atomic mass is 16.7. The summed E-state index contributed by atoms with van der Waals surface area (Å²) in [5, 5.41) is 50.0. The van der Waals surface area contributed by atoms with E-state index in [2.05, 4.69) is 0 Å². The molecule has 1 aliphatic carbocycles. The SMILES string of the molecule is CC1=CC(=O)CC(C)(C)[C@@]1(O)C=C[C@H](C)O[C@@H]1O[C@H](CO)[C@@H](O)[C@H](O)[C@H]1O. The number of rotatable bonds is 5. The molecule has 8 heteroatoms. The van der Waals surface area contributed by atoms with Crippen molar-refractivity contribution in [1.29, 1.82) is 0 Å². The number of aliphatic hydroxyl groups is 5. The lowest BCUT2D eigenvalue weighted by atomic mass is 9.64. The summed E-state index contributed by atoms with van der Waals surface area (Å²) in [4.78, 5) is 11.8. The predicted octanol–water partition coefficient (Wildman–Crippen LogP) is -0.576. The highest BCUT2D eigenvalue weighted by Gasteiger charge is 2.47. The molecule has 1 saturated heterocycles. The first-order valence-electron chi connectivity index (χ1n) is 9.02. The Morgan fingerprint density at radius 1 is 1.30 bits per heavy atom. The Balaban J connectivity index is 2.11. The van der Waals surface area contributed by atoms with Gasteiger partial charge in [0.2, 0.25) is 0 Å². The molecular weight excluding hydrogens is 356 g/mol. The van der Waals surface area contributed by atoms with Crippen molar-refractivity contribution in [2.24, 2.45) is 5.41 Å². The van der Waals surface area contributed by atoms with Crippen LogP contribution in [0.25, 0.3) is 0 Å². The highest BCUT2D eigenvalue weighted by molar-refractivity contribution is 5.92. The molecule has 0 amide bonds. The van der Waals surface area contributed by atoms with Gasteiger partial charge in [-0.15, -0.1) is 0 Å². The Morgan fingerprint density at radius 3 is 2.48 bits per heavy atom. The van der Waals surface area contributed by atoms with Crippen LogP contribution in [0.4, 0.5) is 0 Å². The third-order valence-corrected chi connectivity index (χ3v) is 5.43. The number of ketones is 1. The molecule has 1 heterocycles. The molecule has 8 nitrogen and oxygen atoms in total. The van der Waals surface area contributed by atoms with Crippen LogP contribution in [0.1, 0.15) is 34.1 Å². The number of carbonyl (C=O) groups is 1. The van der Waals surface area contributed by atoms with Gasteiger partial charge < -0.3 is 35.0 Å². The quantitative estimate of drug-likeness (QED) is 0.396. The van der Waals surface area contributed by atoms with Gasteiger partial charge in [-0.3, -0.25) is 4.79 Å².